The molecule has 0 saturated heterocycles. The van der Waals surface area contributed by atoms with Crippen LogP contribution in [-0.2, 0) is 13.1 Å². The van der Waals surface area contributed by atoms with Crippen LogP contribution in [0.2, 0.25) is 0 Å². The van der Waals surface area contributed by atoms with Gasteiger partial charge in [0.05, 0.1) is 12.8 Å². The summed E-state index contributed by atoms with van der Waals surface area (Å²) in [6.45, 7) is 1.21. The summed E-state index contributed by atoms with van der Waals surface area (Å²) in [7, 11) is 1.96. The second-order valence-electron chi connectivity index (χ2n) is 5.33. The molecule has 0 unspecified atom stereocenters. The van der Waals surface area contributed by atoms with Gasteiger partial charge in [-0.05, 0) is 37.1 Å². The number of anilines is 1. The highest BCUT2D eigenvalue weighted by atomic mass is 19.1. The Bertz CT molecular complexity index is 564. The van der Waals surface area contributed by atoms with Gasteiger partial charge in [0.15, 0.2) is 0 Å². The van der Waals surface area contributed by atoms with Gasteiger partial charge in [-0.1, -0.05) is 6.07 Å². The van der Waals surface area contributed by atoms with E-state index in [4.69, 9.17) is 4.42 Å². The van der Waals surface area contributed by atoms with Crippen molar-refractivity contribution >= 4 is 5.69 Å². The Labute approximate surface area is 118 Å². The Kier molecular flexibility index (Phi) is 3.74. The van der Waals surface area contributed by atoms with Crippen LogP contribution in [0.3, 0.4) is 0 Å². The second-order valence-corrected chi connectivity index (χ2v) is 5.33. The lowest BCUT2D eigenvalue weighted by molar-refractivity contribution is 0.506. The van der Waals surface area contributed by atoms with E-state index in [2.05, 4.69) is 5.32 Å². The third-order valence-corrected chi connectivity index (χ3v) is 3.62. The van der Waals surface area contributed by atoms with Gasteiger partial charge in [-0.2, -0.15) is 0 Å². The Hall–Kier alpha value is -1.81. The minimum Gasteiger partial charge on any atom is -0.467 e. The van der Waals surface area contributed by atoms with Gasteiger partial charge in [0.25, 0.3) is 0 Å². The van der Waals surface area contributed by atoms with E-state index in [1.54, 1.807) is 12.3 Å². The SMILES string of the molecule is CN(Cc1ccco1)c1cccc(F)c1CNC1CC1. The molecule has 1 aromatic heterocycles. The predicted octanol–water partition coefficient (Wildman–Crippen LogP) is 3.31. The molecule has 1 aliphatic rings. The van der Waals surface area contributed by atoms with Crippen molar-refractivity contribution in [2.45, 2.75) is 32.0 Å². The summed E-state index contributed by atoms with van der Waals surface area (Å²) in [6, 6.07) is 9.59. The molecular weight excluding hydrogens is 255 g/mol. The maximum absolute atomic E-state index is 14.1. The van der Waals surface area contributed by atoms with Gasteiger partial charge in [-0.15, -0.1) is 0 Å². The van der Waals surface area contributed by atoms with E-state index < -0.39 is 0 Å². The molecule has 0 radical (unpaired) electrons. The van der Waals surface area contributed by atoms with Crippen molar-refractivity contribution in [3.05, 3.63) is 53.7 Å². The van der Waals surface area contributed by atoms with E-state index in [1.165, 1.54) is 18.9 Å². The third-order valence-electron chi connectivity index (χ3n) is 3.62. The molecule has 0 atom stereocenters. The molecule has 3 nitrogen and oxygen atoms in total. The third kappa shape index (κ3) is 3.02. The first-order valence-corrected chi connectivity index (χ1v) is 6.98. The number of benzene rings is 1. The highest BCUT2D eigenvalue weighted by Crippen LogP contribution is 2.26. The summed E-state index contributed by atoms with van der Waals surface area (Å²) < 4.78 is 19.4. The molecule has 3 rings (SSSR count). The maximum Gasteiger partial charge on any atom is 0.129 e. The van der Waals surface area contributed by atoms with Crippen molar-refractivity contribution < 1.29 is 8.81 Å². The molecule has 4 heteroatoms. The monoisotopic (exact) mass is 274 g/mol. The minimum atomic E-state index is -0.151. The predicted molar refractivity (Wildman–Crippen MR) is 77.1 cm³/mol. The van der Waals surface area contributed by atoms with Crippen LogP contribution in [0.15, 0.2) is 41.0 Å². The molecule has 2 aromatic rings. The van der Waals surface area contributed by atoms with Crippen molar-refractivity contribution in [3.63, 3.8) is 0 Å². The molecule has 1 heterocycles. The van der Waals surface area contributed by atoms with Gasteiger partial charge >= 0.3 is 0 Å². The van der Waals surface area contributed by atoms with Gasteiger partial charge in [-0.3, -0.25) is 0 Å². The van der Waals surface area contributed by atoms with Crippen LogP contribution in [0.4, 0.5) is 10.1 Å². The first kappa shape index (κ1) is 13.2. The first-order chi connectivity index (χ1) is 9.74. The quantitative estimate of drug-likeness (QED) is 0.876. The Balaban J connectivity index is 1.77. The minimum absolute atomic E-state index is 0.151. The number of hydrogen-bond donors (Lipinski definition) is 1. The Morgan fingerprint density at radius 2 is 2.15 bits per heavy atom. The molecule has 1 fully saturated rings. The van der Waals surface area contributed by atoms with E-state index in [0.29, 0.717) is 19.1 Å². The lowest BCUT2D eigenvalue weighted by Gasteiger charge is -2.22. The summed E-state index contributed by atoms with van der Waals surface area (Å²) in [5.41, 5.74) is 1.64. The van der Waals surface area contributed by atoms with Crippen molar-refractivity contribution in [3.8, 4) is 0 Å². The molecule has 1 aliphatic carbocycles. The van der Waals surface area contributed by atoms with Gasteiger partial charge in [-0.25, -0.2) is 4.39 Å². The summed E-state index contributed by atoms with van der Waals surface area (Å²) in [5.74, 6) is 0.722. The maximum atomic E-state index is 14.1. The molecule has 1 N–H and O–H groups in total. The Morgan fingerprint density at radius 3 is 2.85 bits per heavy atom. The van der Waals surface area contributed by atoms with Crippen LogP contribution >= 0.6 is 0 Å². The Morgan fingerprint density at radius 1 is 1.30 bits per heavy atom. The largest absolute Gasteiger partial charge is 0.467 e. The average molecular weight is 274 g/mol. The standard InChI is InChI=1S/C16H19FN2O/c1-19(11-13-4-3-9-20-13)16-6-2-5-15(17)14(16)10-18-12-7-8-12/h2-6,9,12,18H,7-8,10-11H2,1H3. The zero-order valence-corrected chi connectivity index (χ0v) is 11.6. The first-order valence-electron chi connectivity index (χ1n) is 6.98. The lowest BCUT2D eigenvalue weighted by atomic mass is 10.1. The fourth-order valence-corrected chi connectivity index (χ4v) is 2.34. The van der Waals surface area contributed by atoms with Crippen LogP contribution in [0.1, 0.15) is 24.2 Å². The van der Waals surface area contributed by atoms with E-state index in [1.807, 2.05) is 30.1 Å². The van der Waals surface area contributed by atoms with Crippen molar-refractivity contribution in [2.24, 2.45) is 0 Å². The van der Waals surface area contributed by atoms with Crippen molar-refractivity contribution in [1.29, 1.82) is 0 Å². The average Bonchev–Trinajstić information content (AvgIpc) is 3.13. The molecular formula is C16H19FN2O. The van der Waals surface area contributed by atoms with Gasteiger partial charge in [0, 0.05) is 30.9 Å². The lowest BCUT2D eigenvalue weighted by Crippen LogP contribution is -2.22. The molecule has 0 spiro atoms. The topological polar surface area (TPSA) is 28.4 Å². The summed E-state index contributed by atoms with van der Waals surface area (Å²) in [4.78, 5) is 2.02. The van der Waals surface area contributed by atoms with Crippen LogP contribution in [0.25, 0.3) is 0 Å². The van der Waals surface area contributed by atoms with Crippen molar-refractivity contribution in [2.75, 3.05) is 11.9 Å². The number of nitrogens with zero attached hydrogens (tertiary/aromatic N) is 1. The number of halogens is 1. The number of nitrogens with one attached hydrogen (secondary N) is 1. The van der Waals surface area contributed by atoms with E-state index in [0.717, 1.165) is 17.0 Å². The van der Waals surface area contributed by atoms with Crippen LogP contribution in [0, 0.1) is 5.82 Å². The molecule has 1 saturated carbocycles. The van der Waals surface area contributed by atoms with Crippen LogP contribution in [0.5, 0.6) is 0 Å². The molecule has 106 valence electrons. The zero-order valence-electron chi connectivity index (χ0n) is 11.6. The summed E-state index contributed by atoms with van der Waals surface area (Å²) in [5, 5.41) is 3.38. The van der Waals surface area contributed by atoms with Gasteiger partial charge in [0.1, 0.15) is 11.6 Å². The second kappa shape index (κ2) is 5.67. The van der Waals surface area contributed by atoms with E-state index in [-0.39, 0.29) is 5.82 Å². The highest BCUT2D eigenvalue weighted by molar-refractivity contribution is 5.53. The van der Waals surface area contributed by atoms with Crippen LogP contribution < -0.4 is 10.2 Å². The molecule has 0 aliphatic heterocycles. The summed E-state index contributed by atoms with van der Waals surface area (Å²) >= 11 is 0. The normalized spacial score (nSPS) is 14.5. The number of hydrogen-bond acceptors (Lipinski definition) is 3. The van der Waals surface area contributed by atoms with Crippen molar-refractivity contribution in [1.82, 2.24) is 5.32 Å². The van der Waals surface area contributed by atoms with Gasteiger partial charge in [0.2, 0.25) is 0 Å². The van der Waals surface area contributed by atoms with E-state index in [9.17, 15) is 4.39 Å². The fourth-order valence-electron chi connectivity index (χ4n) is 2.34. The smallest absolute Gasteiger partial charge is 0.129 e. The molecule has 1 aromatic carbocycles. The van der Waals surface area contributed by atoms with E-state index >= 15 is 0 Å². The highest BCUT2D eigenvalue weighted by Gasteiger charge is 2.22. The molecule has 20 heavy (non-hydrogen) atoms. The van der Waals surface area contributed by atoms with Gasteiger partial charge < -0.3 is 14.6 Å². The number of furan rings is 1. The summed E-state index contributed by atoms with van der Waals surface area (Å²) in [6.07, 6.45) is 4.06. The molecule has 0 amide bonds. The van der Waals surface area contributed by atoms with Crippen LogP contribution in [-0.4, -0.2) is 13.1 Å². The zero-order chi connectivity index (χ0) is 13.9. The number of rotatable bonds is 6. The molecule has 0 bridgehead atoms. The fraction of sp³-hybridized carbons (Fsp3) is 0.375.